The lowest BCUT2D eigenvalue weighted by molar-refractivity contribution is -0.140. The molecule has 2 fully saturated rings. The molecule has 0 spiro atoms. The quantitative estimate of drug-likeness (QED) is 0.234. The summed E-state index contributed by atoms with van der Waals surface area (Å²) in [6.45, 7) is 4.01. The van der Waals surface area contributed by atoms with E-state index in [2.05, 4.69) is 6.92 Å². The Balaban J connectivity index is 1.38. The summed E-state index contributed by atoms with van der Waals surface area (Å²) < 4.78 is 68.4. The third-order valence-electron chi connectivity index (χ3n) is 7.62. The Morgan fingerprint density at radius 1 is 0.743 bits per heavy atom. The second-order valence-electron chi connectivity index (χ2n) is 9.92. The van der Waals surface area contributed by atoms with Crippen LogP contribution in [-0.4, -0.2) is 12.6 Å². The number of benzene rings is 2. The molecule has 2 aliphatic rings. The first kappa shape index (κ1) is 25.5. The van der Waals surface area contributed by atoms with E-state index < -0.39 is 40.9 Å². The van der Waals surface area contributed by atoms with Crippen LogP contribution in [0.4, 0.5) is 17.6 Å². The van der Waals surface area contributed by atoms with Crippen LogP contribution >= 0.6 is 0 Å². The molecule has 0 N–H and O–H groups in total. The van der Waals surface area contributed by atoms with E-state index in [-0.39, 0.29) is 24.2 Å². The highest BCUT2D eigenvalue weighted by Gasteiger charge is 2.32. The molecule has 190 valence electrons. The van der Waals surface area contributed by atoms with Crippen molar-refractivity contribution >= 4 is 5.97 Å². The van der Waals surface area contributed by atoms with Crippen molar-refractivity contribution in [3.05, 3.63) is 58.7 Å². The molecule has 0 amide bonds. The van der Waals surface area contributed by atoms with Gasteiger partial charge in [0.2, 0.25) is 11.6 Å². The molecule has 2 saturated carbocycles. The first-order valence-corrected chi connectivity index (χ1v) is 12.6. The summed E-state index contributed by atoms with van der Waals surface area (Å²) >= 11 is 0. The molecular weight excluding hydrogens is 460 g/mol. The molecule has 0 aromatic heterocycles. The molecular formula is C28H32F4O3. The van der Waals surface area contributed by atoms with E-state index in [1.54, 1.807) is 19.1 Å². The molecule has 3 nitrogen and oxygen atoms in total. The summed E-state index contributed by atoms with van der Waals surface area (Å²) in [6, 6.07) is 5.82. The van der Waals surface area contributed by atoms with Gasteiger partial charge < -0.3 is 9.47 Å². The first-order chi connectivity index (χ1) is 16.8. The highest BCUT2D eigenvalue weighted by Crippen LogP contribution is 2.41. The molecule has 0 saturated heterocycles. The summed E-state index contributed by atoms with van der Waals surface area (Å²) in [5.74, 6) is -5.41. The zero-order valence-electron chi connectivity index (χ0n) is 20.2. The van der Waals surface area contributed by atoms with E-state index in [9.17, 15) is 18.0 Å². The first-order valence-electron chi connectivity index (χ1n) is 12.6. The number of rotatable bonds is 6. The summed E-state index contributed by atoms with van der Waals surface area (Å²) in [5, 5.41) is 0. The minimum absolute atomic E-state index is 0.0630. The second kappa shape index (κ2) is 11.0. The maximum absolute atomic E-state index is 15.0. The Kier molecular flexibility index (Phi) is 8.02. The van der Waals surface area contributed by atoms with E-state index in [1.165, 1.54) is 12.1 Å². The summed E-state index contributed by atoms with van der Waals surface area (Å²) in [5.41, 5.74) is 0.821. The Morgan fingerprint density at radius 2 is 1.23 bits per heavy atom. The smallest absolute Gasteiger partial charge is 0.314 e. The third kappa shape index (κ3) is 5.49. The van der Waals surface area contributed by atoms with Gasteiger partial charge in [-0.3, -0.25) is 4.79 Å². The number of carbonyl (C=O) groups excluding carboxylic acids is 1. The van der Waals surface area contributed by atoms with Crippen molar-refractivity contribution in [2.45, 2.75) is 77.0 Å². The van der Waals surface area contributed by atoms with Crippen molar-refractivity contribution in [1.82, 2.24) is 0 Å². The minimum Gasteiger partial charge on any atom is -0.491 e. The second-order valence-corrected chi connectivity index (χ2v) is 9.92. The topological polar surface area (TPSA) is 35.5 Å². The molecule has 0 atom stereocenters. The summed E-state index contributed by atoms with van der Waals surface area (Å²) in [7, 11) is 0. The van der Waals surface area contributed by atoms with Gasteiger partial charge in [0.05, 0.1) is 12.5 Å². The lowest BCUT2D eigenvalue weighted by Gasteiger charge is -2.29. The highest BCUT2D eigenvalue weighted by molar-refractivity contribution is 5.75. The zero-order chi connectivity index (χ0) is 25.1. The van der Waals surface area contributed by atoms with Crippen LogP contribution in [0.2, 0.25) is 0 Å². The highest BCUT2D eigenvalue weighted by atomic mass is 19.2. The Labute approximate surface area is 203 Å². The van der Waals surface area contributed by atoms with Gasteiger partial charge in [-0.2, -0.15) is 8.78 Å². The molecule has 0 radical (unpaired) electrons. The lowest BCUT2D eigenvalue weighted by Crippen LogP contribution is -2.26. The number of esters is 1. The fourth-order valence-corrected chi connectivity index (χ4v) is 5.47. The maximum atomic E-state index is 15.0. The number of hydrogen-bond donors (Lipinski definition) is 0. The maximum Gasteiger partial charge on any atom is 0.314 e. The lowest BCUT2D eigenvalue weighted by atomic mass is 9.76. The molecule has 2 aromatic rings. The van der Waals surface area contributed by atoms with Gasteiger partial charge in [-0.15, -0.1) is 0 Å². The Morgan fingerprint density at radius 3 is 1.77 bits per heavy atom. The van der Waals surface area contributed by atoms with Gasteiger partial charge in [-0.1, -0.05) is 31.9 Å². The standard InChI is InChI=1S/C28H32F4O3/c1-3-34-22-14-15-23(27(32)26(22)31)35-28(33)19-10-8-18(9-11-19)21-13-12-20(24(29)25(21)30)17-6-4-16(2)5-7-17/h12-19H,3-11H2,1-2H3. The van der Waals surface area contributed by atoms with Gasteiger partial charge in [-0.25, -0.2) is 8.78 Å². The van der Waals surface area contributed by atoms with Gasteiger partial charge in [0.1, 0.15) is 0 Å². The van der Waals surface area contributed by atoms with E-state index in [4.69, 9.17) is 9.47 Å². The average Bonchev–Trinajstić information content (AvgIpc) is 2.86. The summed E-state index contributed by atoms with van der Waals surface area (Å²) in [4.78, 5) is 12.6. The van der Waals surface area contributed by atoms with Crippen LogP contribution in [0.3, 0.4) is 0 Å². The van der Waals surface area contributed by atoms with Gasteiger partial charge in [0, 0.05) is 0 Å². The van der Waals surface area contributed by atoms with E-state index >= 15 is 4.39 Å². The van der Waals surface area contributed by atoms with Crippen LogP contribution in [0.15, 0.2) is 24.3 Å². The fraction of sp³-hybridized carbons (Fsp3) is 0.536. The number of hydrogen-bond acceptors (Lipinski definition) is 3. The van der Waals surface area contributed by atoms with Gasteiger partial charge in [0.25, 0.3) is 0 Å². The zero-order valence-corrected chi connectivity index (χ0v) is 20.2. The van der Waals surface area contributed by atoms with Gasteiger partial charge in [0.15, 0.2) is 23.1 Å². The Hall–Kier alpha value is -2.57. The van der Waals surface area contributed by atoms with Crippen molar-refractivity contribution in [2.75, 3.05) is 6.61 Å². The van der Waals surface area contributed by atoms with Crippen LogP contribution in [0.5, 0.6) is 11.5 Å². The predicted octanol–water partition coefficient (Wildman–Crippen LogP) is 7.81. The summed E-state index contributed by atoms with van der Waals surface area (Å²) in [6.07, 6.45) is 5.57. The monoisotopic (exact) mass is 492 g/mol. The van der Waals surface area contributed by atoms with Crippen molar-refractivity contribution in [2.24, 2.45) is 11.8 Å². The van der Waals surface area contributed by atoms with Crippen LogP contribution in [0.1, 0.15) is 88.2 Å². The van der Waals surface area contributed by atoms with Crippen LogP contribution < -0.4 is 9.47 Å². The molecule has 4 rings (SSSR count). The molecule has 0 heterocycles. The number of halogens is 4. The molecule has 0 bridgehead atoms. The largest absolute Gasteiger partial charge is 0.491 e. The molecule has 2 aliphatic carbocycles. The van der Waals surface area contributed by atoms with E-state index in [0.29, 0.717) is 42.7 Å². The van der Waals surface area contributed by atoms with E-state index in [0.717, 1.165) is 25.7 Å². The molecule has 2 aromatic carbocycles. The van der Waals surface area contributed by atoms with Crippen LogP contribution in [-0.2, 0) is 4.79 Å². The SMILES string of the molecule is CCOc1ccc(OC(=O)C2CCC(c3ccc(C4CCC(C)CC4)c(F)c3F)CC2)c(F)c1F. The fourth-order valence-electron chi connectivity index (χ4n) is 5.47. The number of ether oxygens (including phenoxy) is 2. The predicted molar refractivity (Wildman–Crippen MR) is 125 cm³/mol. The van der Waals surface area contributed by atoms with Crippen LogP contribution in [0, 0.1) is 35.1 Å². The molecule has 0 unspecified atom stereocenters. The van der Waals surface area contributed by atoms with Crippen LogP contribution in [0.25, 0.3) is 0 Å². The van der Waals surface area contributed by atoms with Crippen molar-refractivity contribution in [3.63, 3.8) is 0 Å². The van der Waals surface area contributed by atoms with Gasteiger partial charge >= 0.3 is 5.97 Å². The minimum atomic E-state index is -1.27. The van der Waals surface area contributed by atoms with E-state index in [1.807, 2.05) is 0 Å². The third-order valence-corrected chi connectivity index (χ3v) is 7.62. The molecule has 0 aliphatic heterocycles. The Bertz CT molecular complexity index is 1050. The normalized spacial score (nSPS) is 24.7. The number of carbonyl (C=O) groups is 1. The van der Waals surface area contributed by atoms with Crippen molar-refractivity contribution < 1.29 is 31.8 Å². The van der Waals surface area contributed by atoms with Crippen molar-refractivity contribution in [1.29, 1.82) is 0 Å². The van der Waals surface area contributed by atoms with Crippen molar-refractivity contribution in [3.8, 4) is 11.5 Å². The van der Waals surface area contributed by atoms with Gasteiger partial charge in [-0.05, 0) is 86.5 Å². The molecule has 7 heteroatoms. The molecule has 35 heavy (non-hydrogen) atoms. The average molecular weight is 493 g/mol.